The standard InChI is InChI=1S/C39H24N2OS/c1-22-11-17-32-29(19-22)30-20-23(2)12-18-33(30)41(32)34-9-6-8-28-37-25(15-16-31(40-3)39(37)42-38(28)34)24-13-14-27-26-7-4-5-10-35(26)43-36(27)21-24/h4-21H,1-2H3. The summed E-state index contributed by atoms with van der Waals surface area (Å²) >= 11 is 1.82. The monoisotopic (exact) mass is 568 g/mol. The number of fused-ring (bicyclic) bond motifs is 9. The Morgan fingerprint density at radius 2 is 1.35 bits per heavy atom. The third-order valence-electron chi connectivity index (χ3n) is 8.73. The molecular formula is C39H24N2OS. The average Bonchev–Trinajstić information content (AvgIpc) is 3.70. The molecule has 0 aliphatic heterocycles. The van der Waals surface area contributed by atoms with E-state index in [1.54, 1.807) is 0 Å². The van der Waals surface area contributed by atoms with Crippen LogP contribution >= 0.6 is 11.3 Å². The highest BCUT2D eigenvalue weighted by Crippen LogP contribution is 2.45. The van der Waals surface area contributed by atoms with Crippen LogP contribution in [-0.4, -0.2) is 4.57 Å². The van der Waals surface area contributed by atoms with Crippen molar-refractivity contribution in [3.05, 3.63) is 132 Å². The molecule has 0 fully saturated rings. The highest BCUT2D eigenvalue weighted by molar-refractivity contribution is 7.25. The molecule has 0 atom stereocenters. The molecule has 3 aromatic heterocycles. The van der Waals surface area contributed by atoms with Crippen LogP contribution in [0.2, 0.25) is 0 Å². The molecular weight excluding hydrogens is 545 g/mol. The minimum atomic E-state index is 0.525. The smallest absolute Gasteiger partial charge is 0.229 e. The van der Waals surface area contributed by atoms with Crippen molar-refractivity contribution in [1.82, 2.24) is 4.57 Å². The number of aromatic nitrogens is 1. The van der Waals surface area contributed by atoms with E-state index in [1.165, 1.54) is 42.1 Å². The lowest BCUT2D eigenvalue weighted by molar-refractivity contribution is 0.668. The second-order valence-corrected chi connectivity index (χ2v) is 12.5. The van der Waals surface area contributed by atoms with Gasteiger partial charge in [0.25, 0.3) is 0 Å². The molecule has 202 valence electrons. The largest absolute Gasteiger partial charge is 0.465 e. The fourth-order valence-electron chi connectivity index (χ4n) is 6.78. The highest BCUT2D eigenvalue weighted by atomic mass is 32.1. The molecule has 3 nitrogen and oxygen atoms in total. The number of thiophene rings is 1. The summed E-state index contributed by atoms with van der Waals surface area (Å²) in [6.07, 6.45) is 0. The van der Waals surface area contributed by atoms with Gasteiger partial charge in [-0.05, 0) is 67.4 Å². The second-order valence-electron chi connectivity index (χ2n) is 11.4. The summed E-state index contributed by atoms with van der Waals surface area (Å²) in [4.78, 5) is 3.87. The first kappa shape index (κ1) is 24.2. The summed E-state index contributed by atoms with van der Waals surface area (Å²) < 4.78 is 11.6. The van der Waals surface area contributed by atoms with E-state index in [0.29, 0.717) is 11.3 Å². The molecule has 3 heterocycles. The number of hydrogen-bond donors (Lipinski definition) is 0. The summed E-state index contributed by atoms with van der Waals surface area (Å²) in [7, 11) is 0. The topological polar surface area (TPSA) is 22.4 Å². The van der Waals surface area contributed by atoms with E-state index >= 15 is 0 Å². The fraction of sp³-hybridized carbons (Fsp3) is 0.0513. The van der Waals surface area contributed by atoms with Gasteiger partial charge in [0.2, 0.25) is 5.69 Å². The number of benzene rings is 6. The van der Waals surface area contributed by atoms with Gasteiger partial charge in [-0.1, -0.05) is 77.9 Å². The predicted molar refractivity (Wildman–Crippen MR) is 182 cm³/mol. The van der Waals surface area contributed by atoms with Crippen LogP contribution in [0, 0.1) is 20.4 Å². The Balaban J connectivity index is 1.36. The molecule has 0 unspecified atom stereocenters. The number of hydrogen-bond acceptors (Lipinski definition) is 2. The van der Waals surface area contributed by atoms with E-state index < -0.39 is 0 Å². The van der Waals surface area contributed by atoms with Crippen molar-refractivity contribution < 1.29 is 4.42 Å². The summed E-state index contributed by atoms with van der Waals surface area (Å²) in [6, 6.07) is 38.9. The summed E-state index contributed by atoms with van der Waals surface area (Å²) in [5.74, 6) is 0. The molecule has 0 spiro atoms. The van der Waals surface area contributed by atoms with E-state index in [1.807, 2.05) is 17.4 Å². The van der Waals surface area contributed by atoms with Crippen molar-refractivity contribution in [2.75, 3.05) is 0 Å². The quantitative estimate of drug-likeness (QED) is 0.190. The van der Waals surface area contributed by atoms with E-state index in [4.69, 9.17) is 11.0 Å². The molecule has 9 rings (SSSR count). The molecule has 0 aliphatic carbocycles. The van der Waals surface area contributed by atoms with Crippen LogP contribution in [-0.2, 0) is 0 Å². The molecule has 6 aromatic carbocycles. The van der Waals surface area contributed by atoms with Gasteiger partial charge >= 0.3 is 0 Å². The fourth-order valence-corrected chi connectivity index (χ4v) is 7.93. The lowest BCUT2D eigenvalue weighted by atomic mass is 9.97. The van der Waals surface area contributed by atoms with Gasteiger partial charge < -0.3 is 8.98 Å². The molecule has 0 aliphatic rings. The molecule has 0 saturated heterocycles. The molecule has 0 saturated carbocycles. The Morgan fingerprint density at radius 3 is 2.12 bits per heavy atom. The molecule has 0 amide bonds. The van der Waals surface area contributed by atoms with Crippen LogP contribution in [0.15, 0.2) is 114 Å². The zero-order chi connectivity index (χ0) is 28.8. The summed E-state index contributed by atoms with van der Waals surface area (Å²) in [5, 5.41) is 7.01. The van der Waals surface area contributed by atoms with Crippen LogP contribution < -0.4 is 0 Å². The van der Waals surface area contributed by atoms with Gasteiger partial charge in [0.1, 0.15) is 5.58 Å². The first-order valence-electron chi connectivity index (χ1n) is 14.4. The number of para-hydroxylation sites is 1. The van der Waals surface area contributed by atoms with Crippen LogP contribution in [0.4, 0.5) is 5.69 Å². The second kappa shape index (κ2) is 8.82. The lowest BCUT2D eigenvalue weighted by Gasteiger charge is -2.09. The van der Waals surface area contributed by atoms with Gasteiger partial charge in [0, 0.05) is 41.7 Å². The minimum absolute atomic E-state index is 0.525. The molecule has 43 heavy (non-hydrogen) atoms. The predicted octanol–water partition coefficient (Wildman–Crippen LogP) is 11.9. The van der Waals surface area contributed by atoms with Crippen molar-refractivity contribution in [2.24, 2.45) is 0 Å². The maximum absolute atomic E-state index is 7.95. The van der Waals surface area contributed by atoms with E-state index in [0.717, 1.165) is 44.2 Å². The minimum Gasteiger partial charge on any atom is -0.465 e. The maximum Gasteiger partial charge on any atom is 0.229 e. The van der Waals surface area contributed by atoms with Gasteiger partial charge in [0.15, 0.2) is 5.58 Å². The molecule has 0 bridgehead atoms. The van der Waals surface area contributed by atoms with Gasteiger partial charge in [-0.2, -0.15) is 0 Å². The van der Waals surface area contributed by atoms with Crippen molar-refractivity contribution in [1.29, 1.82) is 0 Å². The molecule has 0 radical (unpaired) electrons. The van der Waals surface area contributed by atoms with Crippen LogP contribution in [0.1, 0.15) is 11.1 Å². The van der Waals surface area contributed by atoms with Gasteiger partial charge in [-0.25, -0.2) is 4.85 Å². The molecule has 0 N–H and O–H groups in total. The highest BCUT2D eigenvalue weighted by Gasteiger charge is 2.21. The Labute approximate surface area is 251 Å². The van der Waals surface area contributed by atoms with E-state index in [2.05, 4.69) is 126 Å². The van der Waals surface area contributed by atoms with Crippen LogP contribution in [0.25, 0.3) is 85.6 Å². The van der Waals surface area contributed by atoms with Crippen molar-refractivity contribution in [3.8, 4) is 16.8 Å². The maximum atomic E-state index is 7.95. The Bertz CT molecular complexity index is 2600. The Hall–Kier alpha value is -5.37. The number of furan rings is 1. The first-order valence-corrected chi connectivity index (χ1v) is 15.2. The van der Waals surface area contributed by atoms with Crippen molar-refractivity contribution in [3.63, 3.8) is 0 Å². The number of rotatable bonds is 2. The van der Waals surface area contributed by atoms with E-state index in [-0.39, 0.29) is 0 Å². The third kappa shape index (κ3) is 3.40. The SMILES string of the molecule is [C-]#[N+]c1ccc(-c2ccc3c(c2)sc2ccccc23)c2c1oc1c(-n3c4ccc(C)cc4c4cc(C)ccc43)cccc12. The summed E-state index contributed by atoms with van der Waals surface area (Å²) in [5.41, 5.74) is 9.87. The van der Waals surface area contributed by atoms with Crippen molar-refractivity contribution >= 4 is 80.9 Å². The zero-order valence-corrected chi connectivity index (χ0v) is 24.4. The zero-order valence-electron chi connectivity index (χ0n) is 23.6. The lowest BCUT2D eigenvalue weighted by Crippen LogP contribution is -1.94. The number of nitrogens with zero attached hydrogens (tertiary/aromatic N) is 2. The van der Waals surface area contributed by atoms with Crippen LogP contribution in [0.5, 0.6) is 0 Å². The first-order chi connectivity index (χ1) is 21.1. The Morgan fingerprint density at radius 1 is 0.628 bits per heavy atom. The van der Waals surface area contributed by atoms with Crippen LogP contribution in [0.3, 0.4) is 0 Å². The average molecular weight is 569 g/mol. The molecule has 4 heteroatoms. The van der Waals surface area contributed by atoms with Crippen molar-refractivity contribution in [2.45, 2.75) is 13.8 Å². The number of aryl methyl sites for hydroxylation is 2. The van der Waals surface area contributed by atoms with E-state index in [9.17, 15) is 0 Å². The Kier molecular flexibility index (Phi) is 4.97. The third-order valence-corrected chi connectivity index (χ3v) is 9.87. The summed E-state index contributed by atoms with van der Waals surface area (Å²) in [6.45, 7) is 12.2. The van der Waals surface area contributed by atoms with Gasteiger partial charge in [0.05, 0.1) is 23.3 Å². The molecule has 9 aromatic rings. The normalized spacial score (nSPS) is 11.9. The van der Waals surface area contributed by atoms with Gasteiger partial charge in [-0.3, -0.25) is 0 Å². The van der Waals surface area contributed by atoms with Gasteiger partial charge in [-0.15, -0.1) is 11.3 Å².